The van der Waals surface area contributed by atoms with Crippen molar-refractivity contribution in [3.05, 3.63) is 12.2 Å². The Kier molecular flexibility index (Phi) is 4.61. The first-order valence-electron chi connectivity index (χ1n) is 7.34. The summed E-state index contributed by atoms with van der Waals surface area (Å²) in [5.41, 5.74) is 0. The fraction of sp³-hybridized carbons (Fsp3) is 0.733. The molecule has 2 N–H and O–H groups in total. The Bertz CT molecular complexity index is 378. The van der Waals surface area contributed by atoms with E-state index in [0.717, 1.165) is 19.3 Å². The number of hydrogen-bond donors (Lipinski definition) is 2. The molecular formula is C15H23NO3. The SMILES string of the molecule is CCCCCCNC(=O)[C@@H]1[C@@H](C(=O)O)[C@H]2C=C[C@@H]1C2. The van der Waals surface area contributed by atoms with E-state index in [9.17, 15) is 14.7 Å². The quantitative estimate of drug-likeness (QED) is 0.548. The van der Waals surface area contributed by atoms with Gasteiger partial charge in [0.2, 0.25) is 5.91 Å². The van der Waals surface area contributed by atoms with Crippen molar-refractivity contribution < 1.29 is 14.7 Å². The summed E-state index contributed by atoms with van der Waals surface area (Å²) in [5.74, 6) is -1.60. The van der Waals surface area contributed by atoms with Gasteiger partial charge >= 0.3 is 5.97 Å². The number of carbonyl (C=O) groups excluding carboxylic acids is 1. The molecule has 2 aliphatic carbocycles. The highest BCUT2D eigenvalue weighted by Crippen LogP contribution is 2.48. The fourth-order valence-electron chi connectivity index (χ4n) is 3.40. The Labute approximate surface area is 114 Å². The second-order valence-electron chi connectivity index (χ2n) is 5.69. The highest BCUT2D eigenvalue weighted by Gasteiger charge is 2.51. The topological polar surface area (TPSA) is 66.4 Å². The van der Waals surface area contributed by atoms with Crippen LogP contribution in [0.1, 0.15) is 39.0 Å². The van der Waals surface area contributed by atoms with Crippen molar-refractivity contribution in [2.24, 2.45) is 23.7 Å². The summed E-state index contributed by atoms with van der Waals surface area (Å²) in [7, 11) is 0. The van der Waals surface area contributed by atoms with Crippen molar-refractivity contribution in [2.75, 3.05) is 6.54 Å². The van der Waals surface area contributed by atoms with E-state index in [1.807, 2.05) is 12.2 Å². The third kappa shape index (κ3) is 2.99. The van der Waals surface area contributed by atoms with Crippen molar-refractivity contribution in [3.63, 3.8) is 0 Å². The normalized spacial score (nSPS) is 31.6. The molecule has 1 saturated carbocycles. The van der Waals surface area contributed by atoms with E-state index in [4.69, 9.17) is 0 Å². The molecule has 1 amide bonds. The summed E-state index contributed by atoms with van der Waals surface area (Å²) in [6, 6.07) is 0. The van der Waals surface area contributed by atoms with Crippen LogP contribution in [0, 0.1) is 23.7 Å². The van der Waals surface area contributed by atoms with Crippen LogP contribution in [-0.4, -0.2) is 23.5 Å². The second kappa shape index (κ2) is 6.22. The molecule has 2 rings (SSSR count). The average molecular weight is 265 g/mol. The maximum Gasteiger partial charge on any atom is 0.307 e. The van der Waals surface area contributed by atoms with Crippen molar-refractivity contribution in [2.45, 2.75) is 39.0 Å². The van der Waals surface area contributed by atoms with Gasteiger partial charge in [-0.1, -0.05) is 38.3 Å². The van der Waals surface area contributed by atoms with Crippen LogP contribution in [-0.2, 0) is 9.59 Å². The lowest BCUT2D eigenvalue weighted by molar-refractivity contribution is -0.147. The number of amides is 1. The van der Waals surface area contributed by atoms with E-state index in [1.165, 1.54) is 12.8 Å². The van der Waals surface area contributed by atoms with E-state index in [0.29, 0.717) is 6.54 Å². The molecular weight excluding hydrogens is 242 g/mol. The number of allylic oxidation sites excluding steroid dienone is 2. The Hall–Kier alpha value is -1.32. The van der Waals surface area contributed by atoms with E-state index in [-0.39, 0.29) is 23.7 Å². The first-order chi connectivity index (χ1) is 9.15. The summed E-state index contributed by atoms with van der Waals surface area (Å²) in [6.07, 6.45) is 9.27. The first kappa shape index (κ1) is 14.1. The highest BCUT2D eigenvalue weighted by atomic mass is 16.4. The van der Waals surface area contributed by atoms with Crippen LogP contribution in [0.3, 0.4) is 0 Å². The molecule has 0 unspecified atom stereocenters. The number of carbonyl (C=O) groups is 2. The van der Waals surface area contributed by atoms with Gasteiger partial charge in [-0.05, 0) is 24.7 Å². The van der Waals surface area contributed by atoms with E-state index >= 15 is 0 Å². The summed E-state index contributed by atoms with van der Waals surface area (Å²) in [4.78, 5) is 23.5. The summed E-state index contributed by atoms with van der Waals surface area (Å²) in [6.45, 7) is 2.82. The third-order valence-corrected chi connectivity index (χ3v) is 4.38. The maximum absolute atomic E-state index is 12.2. The molecule has 19 heavy (non-hydrogen) atoms. The zero-order valence-corrected chi connectivity index (χ0v) is 11.5. The molecule has 0 heterocycles. The predicted molar refractivity (Wildman–Crippen MR) is 72.5 cm³/mol. The Morgan fingerprint density at radius 2 is 1.84 bits per heavy atom. The van der Waals surface area contributed by atoms with Crippen molar-refractivity contribution >= 4 is 11.9 Å². The van der Waals surface area contributed by atoms with Crippen LogP contribution in [0.4, 0.5) is 0 Å². The van der Waals surface area contributed by atoms with Gasteiger partial charge in [0.05, 0.1) is 11.8 Å². The van der Waals surface area contributed by atoms with Crippen LogP contribution < -0.4 is 5.32 Å². The summed E-state index contributed by atoms with van der Waals surface area (Å²) in [5, 5.41) is 12.2. The minimum Gasteiger partial charge on any atom is -0.481 e. The lowest BCUT2D eigenvalue weighted by Crippen LogP contribution is -2.40. The van der Waals surface area contributed by atoms with Gasteiger partial charge in [-0.3, -0.25) is 9.59 Å². The smallest absolute Gasteiger partial charge is 0.307 e. The van der Waals surface area contributed by atoms with Gasteiger partial charge in [0.1, 0.15) is 0 Å². The lowest BCUT2D eigenvalue weighted by atomic mass is 9.82. The van der Waals surface area contributed by atoms with Crippen LogP contribution in [0.15, 0.2) is 12.2 Å². The molecule has 0 aromatic rings. The second-order valence-corrected chi connectivity index (χ2v) is 5.69. The Morgan fingerprint density at radius 1 is 1.16 bits per heavy atom. The van der Waals surface area contributed by atoms with Gasteiger partial charge in [0.25, 0.3) is 0 Å². The zero-order valence-electron chi connectivity index (χ0n) is 11.5. The number of nitrogens with one attached hydrogen (secondary N) is 1. The van der Waals surface area contributed by atoms with Crippen LogP contribution in [0.25, 0.3) is 0 Å². The van der Waals surface area contributed by atoms with Gasteiger partial charge in [-0.25, -0.2) is 0 Å². The van der Waals surface area contributed by atoms with E-state index < -0.39 is 11.9 Å². The molecule has 0 spiro atoms. The zero-order chi connectivity index (χ0) is 13.8. The van der Waals surface area contributed by atoms with Gasteiger partial charge in [-0.15, -0.1) is 0 Å². The Balaban J connectivity index is 1.84. The lowest BCUT2D eigenvalue weighted by Gasteiger charge is -2.23. The molecule has 0 aromatic heterocycles. The number of hydrogen-bond acceptors (Lipinski definition) is 2. The fourth-order valence-corrected chi connectivity index (χ4v) is 3.40. The number of aliphatic carboxylic acids is 1. The predicted octanol–water partition coefficient (Wildman–Crippen LogP) is 2.21. The minimum atomic E-state index is -0.831. The van der Waals surface area contributed by atoms with Crippen LogP contribution in [0.5, 0.6) is 0 Å². The molecule has 0 aliphatic heterocycles. The van der Waals surface area contributed by atoms with Gasteiger partial charge in [0, 0.05) is 6.54 Å². The molecule has 4 atom stereocenters. The number of fused-ring (bicyclic) bond motifs is 2. The summed E-state index contributed by atoms with van der Waals surface area (Å²) < 4.78 is 0. The van der Waals surface area contributed by atoms with Crippen molar-refractivity contribution in [1.82, 2.24) is 5.32 Å². The molecule has 4 nitrogen and oxygen atoms in total. The van der Waals surface area contributed by atoms with Gasteiger partial charge in [0.15, 0.2) is 0 Å². The van der Waals surface area contributed by atoms with Crippen LogP contribution in [0.2, 0.25) is 0 Å². The minimum absolute atomic E-state index is 0.0540. The molecule has 0 aromatic carbocycles. The third-order valence-electron chi connectivity index (χ3n) is 4.38. The largest absolute Gasteiger partial charge is 0.481 e. The summed E-state index contributed by atoms with van der Waals surface area (Å²) >= 11 is 0. The average Bonchev–Trinajstić information content (AvgIpc) is 2.98. The van der Waals surface area contributed by atoms with Crippen LogP contribution >= 0.6 is 0 Å². The molecule has 2 aliphatic rings. The van der Waals surface area contributed by atoms with E-state index in [1.54, 1.807) is 0 Å². The number of carboxylic acid groups (broad SMARTS) is 1. The monoisotopic (exact) mass is 265 g/mol. The molecule has 4 heteroatoms. The van der Waals surface area contributed by atoms with Gasteiger partial charge in [-0.2, -0.15) is 0 Å². The molecule has 106 valence electrons. The number of unbranched alkanes of at least 4 members (excludes halogenated alkanes) is 3. The highest BCUT2D eigenvalue weighted by molar-refractivity contribution is 5.86. The number of carboxylic acids is 1. The number of rotatable bonds is 7. The van der Waals surface area contributed by atoms with Gasteiger partial charge < -0.3 is 10.4 Å². The molecule has 2 bridgehead atoms. The molecule has 0 saturated heterocycles. The molecule has 0 radical (unpaired) electrons. The standard InChI is InChI=1S/C15H23NO3/c1-2-3-4-5-8-16-14(17)12-10-6-7-11(9-10)13(12)15(18)19/h6-7,10-13H,2-5,8-9H2,1H3,(H,16,17)(H,18,19)/t10-,11+,12+,13+/m1/s1. The Morgan fingerprint density at radius 3 is 2.47 bits per heavy atom. The van der Waals surface area contributed by atoms with Crippen molar-refractivity contribution in [1.29, 1.82) is 0 Å². The van der Waals surface area contributed by atoms with E-state index in [2.05, 4.69) is 12.2 Å². The first-order valence-corrected chi connectivity index (χ1v) is 7.34. The maximum atomic E-state index is 12.2. The molecule has 1 fully saturated rings. The van der Waals surface area contributed by atoms with Crippen molar-refractivity contribution in [3.8, 4) is 0 Å².